The van der Waals surface area contributed by atoms with Gasteiger partial charge in [0.25, 0.3) is 5.69 Å². The molecule has 1 unspecified atom stereocenters. The number of nitro benzene ring substituents is 1. The highest BCUT2D eigenvalue weighted by Gasteiger charge is 2.14. The molecule has 0 fully saturated rings. The van der Waals surface area contributed by atoms with Crippen molar-refractivity contribution < 1.29 is 14.4 Å². The van der Waals surface area contributed by atoms with E-state index in [0.717, 1.165) is 16.5 Å². The maximum absolute atomic E-state index is 13.2. The van der Waals surface area contributed by atoms with Crippen LogP contribution in [-0.4, -0.2) is 10.0 Å². The molecule has 110 valence electrons. The third kappa shape index (κ3) is 4.03. The molecule has 0 aliphatic heterocycles. The van der Waals surface area contributed by atoms with Gasteiger partial charge in [-0.2, -0.15) is 0 Å². The van der Waals surface area contributed by atoms with Crippen molar-refractivity contribution in [2.75, 3.05) is 0 Å². The molecule has 1 atom stereocenters. The topological polar surface area (TPSA) is 63.4 Å². The van der Waals surface area contributed by atoms with Gasteiger partial charge in [0.05, 0.1) is 11.0 Å². The van der Waals surface area contributed by atoms with Crippen molar-refractivity contribution in [1.82, 2.24) is 0 Å². The van der Waals surface area contributed by atoms with Crippen LogP contribution in [0.4, 0.5) is 10.1 Å². The minimum Gasteiger partial charge on any atom is -0.389 e. The van der Waals surface area contributed by atoms with Crippen LogP contribution >= 0.6 is 11.8 Å². The van der Waals surface area contributed by atoms with Crippen molar-refractivity contribution in [3.63, 3.8) is 0 Å². The summed E-state index contributed by atoms with van der Waals surface area (Å²) in [5.74, 6) is -0.203. The fraction of sp³-hybridized carbons (Fsp3) is 0.200. The zero-order valence-corrected chi connectivity index (χ0v) is 12.1. The predicted octanol–water partition coefficient (Wildman–Crippen LogP) is 4.08. The number of aliphatic hydroxyl groups excluding tert-OH is 1. The average Bonchev–Trinajstić information content (AvgIpc) is 2.45. The summed E-state index contributed by atoms with van der Waals surface area (Å²) < 4.78 is 13.2. The van der Waals surface area contributed by atoms with Crippen LogP contribution in [0.5, 0.6) is 0 Å². The van der Waals surface area contributed by atoms with Gasteiger partial charge in [-0.15, -0.1) is 11.8 Å². The second-order valence-corrected chi connectivity index (χ2v) is 5.62. The molecule has 0 aliphatic carbocycles. The minimum atomic E-state index is -0.575. The van der Waals surface area contributed by atoms with E-state index in [0.29, 0.717) is 5.56 Å². The minimum absolute atomic E-state index is 0.0874. The van der Waals surface area contributed by atoms with E-state index in [9.17, 15) is 19.6 Å². The van der Waals surface area contributed by atoms with Crippen LogP contribution in [0.2, 0.25) is 0 Å². The second kappa shape index (κ2) is 6.69. The van der Waals surface area contributed by atoms with E-state index < -0.39 is 16.8 Å². The van der Waals surface area contributed by atoms with Crippen molar-refractivity contribution in [2.45, 2.75) is 23.7 Å². The van der Waals surface area contributed by atoms with E-state index in [1.807, 2.05) is 18.2 Å². The molecule has 2 aromatic rings. The average molecular weight is 307 g/mol. The molecule has 6 heteroatoms. The van der Waals surface area contributed by atoms with Gasteiger partial charge in [-0.05, 0) is 36.8 Å². The first kappa shape index (κ1) is 15.5. The molecule has 0 heterocycles. The molecule has 0 saturated heterocycles. The number of hydrogen-bond acceptors (Lipinski definition) is 4. The number of nitrogens with zero attached hydrogens (tertiary/aromatic N) is 1. The van der Waals surface area contributed by atoms with Gasteiger partial charge in [0.1, 0.15) is 5.82 Å². The number of aliphatic hydroxyl groups is 1. The molecule has 2 rings (SSSR count). The standard InChI is InChI=1S/C15H14FNO3S/c1-10(18)11-3-2-4-14(8-11)21-9-12-7-13(16)5-6-15(12)17(19)20/h2-8,10,18H,9H2,1H3. The summed E-state index contributed by atoms with van der Waals surface area (Å²) >= 11 is 1.36. The Morgan fingerprint density at radius 2 is 2.10 bits per heavy atom. The van der Waals surface area contributed by atoms with Gasteiger partial charge in [0.2, 0.25) is 0 Å². The molecule has 0 aliphatic rings. The monoisotopic (exact) mass is 307 g/mol. The lowest BCUT2D eigenvalue weighted by Crippen LogP contribution is -1.95. The summed E-state index contributed by atoms with van der Waals surface area (Å²) in [4.78, 5) is 11.3. The van der Waals surface area contributed by atoms with Gasteiger partial charge in [-0.3, -0.25) is 10.1 Å². The summed E-state index contributed by atoms with van der Waals surface area (Å²) in [7, 11) is 0. The predicted molar refractivity (Wildman–Crippen MR) is 79.7 cm³/mol. The normalized spacial score (nSPS) is 12.1. The lowest BCUT2D eigenvalue weighted by Gasteiger charge is -2.08. The Morgan fingerprint density at radius 3 is 2.76 bits per heavy atom. The summed E-state index contributed by atoms with van der Waals surface area (Å²) in [5.41, 5.74) is 1.02. The number of rotatable bonds is 5. The second-order valence-electron chi connectivity index (χ2n) is 4.57. The quantitative estimate of drug-likeness (QED) is 0.513. The number of thioether (sulfide) groups is 1. The molecule has 21 heavy (non-hydrogen) atoms. The molecule has 1 N–H and O–H groups in total. The Hall–Kier alpha value is -1.92. The van der Waals surface area contributed by atoms with E-state index >= 15 is 0 Å². The largest absolute Gasteiger partial charge is 0.389 e. The van der Waals surface area contributed by atoms with E-state index in [4.69, 9.17) is 0 Å². The number of hydrogen-bond donors (Lipinski definition) is 1. The summed E-state index contributed by atoms with van der Waals surface area (Å²) in [6.07, 6.45) is -0.575. The van der Waals surface area contributed by atoms with E-state index in [1.165, 1.54) is 23.9 Å². The molecule has 0 bridgehead atoms. The van der Waals surface area contributed by atoms with Gasteiger partial charge in [-0.25, -0.2) is 4.39 Å². The molecule has 0 amide bonds. The van der Waals surface area contributed by atoms with Crippen LogP contribution in [0.25, 0.3) is 0 Å². The van der Waals surface area contributed by atoms with Crippen LogP contribution in [-0.2, 0) is 5.75 Å². The maximum Gasteiger partial charge on any atom is 0.273 e. The highest BCUT2D eigenvalue weighted by Crippen LogP contribution is 2.29. The van der Waals surface area contributed by atoms with Crippen LogP contribution in [0.3, 0.4) is 0 Å². The highest BCUT2D eigenvalue weighted by atomic mass is 32.2. The first-order valence-corrected chi connectivity index (χ1v) is 7.29. The van der Waals surface area contributed by atoms with E-state index in [2.05, 4.69) is 0 Å². The Balaban J connectivity index is 2.18. The summed E-state index contributed by atoms with van der Waals surface area (Å²) in [6, 6.07) is 10.7. The van der Waals surface area contributed by atoms with Crippen molar-refractivity contribution in [1.29, 1.82) is 0 Å². The van der Waals surface area contributed by atoms with E-state index in [1.54, 1.807) is 13.0 Å². The molecule has 0 aromatic heterocycles. The molecule has 0 radical (unpaired) electrons. The van der Waals surface area contributed by atoms with Gasteiger partial charge < -0.3 is 5.11 Å². The van der Waals surface area contributed by atoms with Crippen molar-refractivity contribution in [3.8, 4) is 0 Å². The summed E-state index contributed by atoms with van der Waals surface area (Å²) in [5, 5.41) is 20.5. The van der Waals surface area contributed by atoms with Crippen LogP contribution in [0, 0.1) is 15.9 Å². The molecule has 4 nitrogen and oxygen atoms in total. The van der Waals surface area contributed by atoms with Crippen molar-refractivity contribution >= 4 is 17.4 Å². The van der Waals surface area contributed by atoms with Gasteiger partial charge in [0, 0.05) is 22.3 Å². The van der Waals surface area contributed by atoms with Crippen LogP contribution in [0.15, 0.2) is 47.4 Å². The van der Waals surface area contributed by atoms with Crippen molar-refractivity contribution in [3.05, 3.63) is 69.5 Å². The molecule has 2 aromatic carbocycles. The smallest absolute Gasteiger partial charge is 0.273 e. The molecule has 0 saturated carbocycles. The van der Waals surface area contributed by atoms with Gasteiger partial charge in [0.15, 0.2) is 0 Å². The third-order valence-corrected chi connectivity index (χ3v) is 4.02. The zero-order valence-electron chi connectivity index (χ0n) is 11.3. The van der Waals surface area contributed by atoms with Gasteiger partial charge in [-0.1, -0.05) is 12.1 Å². The summed E-state index contributed by atoms with van der Waals surface area (Å²) in [6.45, 7) is 1.67. The Labute approximate surface area is 125 Å². The maximum atomic E-state index is 13.2. The Bertz CT molecular complexity index is 661. The Kier molecular flexibility index (Phi) is 4.93. The Morgan fingerprint density at radius 1 is 1.33 bits per heavy atom. The lowest BCUT2D eigenvalue weighted by molar-refractivity contribution is -0.385. The molecule has 0 spiro atoms. The number of halogens is 1. The van der Waals surface area contributed by atoms with E-state index in [-0.39, 0.29) is 11.4 Å². The molecular weight excluding hydrogens is 293 g/mol. The lowest BCUT2D eigenvalue weighted by atomic mass is 10.1. The first-order valence-electron chi connectivity index (χ1n) is 6.31. The molecular formula is C15H14FNO3S. The van der Waals surface area contributed by atoms with Gasteiger partial charge >= 0.3 is 0 Å². The SMILES string of the molecule is CC(O)c1cccc(SCc2cc(F)ccc2[N+](=O)[O-])c1. The van der Waals surface area contributed by atoms with Crippen molar-refractivity contribution in [2.24, 2.45) is 0 Å². The fourth-order valence-corrected chi connectivity index (χ4v) is 2.82. The van der Waals surface area contributed by atoms with Crippen LogP contribution in [0.1, 0.15) is 24.2 Å². The number of benzene rings is 2. The zero-order chi connectivity index (χ0) is 15.4. The van der Waals surface area contributed by atoms with Crippen LogP contribution < -0.4 is 0 Å². The highest BCUT2D eigenvalue weighted by molar-refractivity contribution is 7.98. The number of nitro groups is 1. The first-order chi connectivity index (χ1) is 9.97. The fourth-order valence-electron chi connectivity index (χ4n) is 1.87. The third-order valence-electron chi connectivity index (χ3n) is 2.97.